The fourth-order valence-electron chi connectivity index (χ4n) is 2.09. The number of hydrogen-bond donors (Lipinski definition) is 1. The summed E-state index contributed by atoms with van der Waals surface area (Å²) in [5, 5.41) is 3.21. The molecule has 4 heteroatoms. The number of halogens is 3. The van der Waals surface area contributed by atoms with Crippen molar-refractivity contribution in [2.24, 2.45) is 0 Å². The number of rotatable bonds is 3. The summed E-state index contributed by atoms with van der Waals surface area (Å²) in [4.78, 5) is 0. The first-order chi connectivity index (χ1) is 7.58. The molecule has 0 saturated carbocycles. The molecule has 0 heterocycles. The van der Waals surface area contributed by atoms with Gasteiger partial charge in [0, 0.05) is 23.1 Å². The molecule has 0 amide bonds. The van der Waals surface area contributed by atoms with E-state index in [1.165, 1.54) is 6.07 Å². The monoisotopic (exact) mass is 287 g/mol. The molecule has 0 aliphatic heterocycles. The second kappa shape index (κ2) is 4.63. The molecule has 0 fully saturated rings. The van der Waals surface area contributed by atoms with Gasteiger partial charge in [-0.25, -0.2) is 8.78 Å². The van der Waals surface area contributed by atoms with Gasteiger partial charge in [-0.15, -0.1) is 0 Å². The lowest BCUT2D eigenvalue weighted by atomic mass is 10.1. The van der Waals surface area contributed by atoms with Crippen molar-refractivity contribution in [2.45, 2.75) is 18.9 Å². The van der Waals surface area contributed by atoms with Crippen molar-refractivity contribution in [1.29, 1.82) is 0 Å². The largest absolute Gasteiger partial charge is 0.305 e. The Morgan fingerprint density at radius 2 is 2.25 bits per heavy atom. The Morgan fingerprint density at radius 3 is 2.94 bits per heavy atom. The molecule has 1 nitrogen and oxygen atoms in total. The highest BCUT2D eigenvalue weighted by atomic mass is 79.9. The van der Waals surface area contributed by atoms with Crippen LogP contribution in [0.4, 0.5) is 8.78 Å². The van der Waals surface area contributed by atoms with Crippen molar-refractivity contribution in [3.8, 4) is 0 Å². The third kappa shape index (κ3) is 2.33. The van der Waals surface area contributed by atoms with Crippen LogP contribution in [-0.4, -0.2) is 6.54 Å². The maximum absolute atomic E-state index is 13.4. The Morgan fingerprint density at radius 1 is 1.50 bits per heavy atom. The quantitative estimate of drug-likeness (QED) is 0.898. The van der Waals surface area contributed by atoms with E-state index >= 15 is 0 Å². The Balaban J connectivity index is 2.22. The van der Waals surface area contributed by atoms with Gasteiger partial charge in [-0.1, -0.05) is 22.5 Å². The van der Waals surface area contributed by atoms with Crippen LogP contribution in [0.5, 0.6) is 0 Å². The molecule has 1 N–H and O–H groups in total. The summed E-state index contributed by atoms with van der Waals surface area (Å²) in [6, 6.07) is 2.39. The van der Waals surface area contributed by atoms with Gasteiger partial charge in [0.2, 0.25) is 0 Å². The third-order valence-electron chi connectivity index (χ3n) is 2.79. The predicted octanol–water partition coefficient (Wildman–Crippen LogP) is 3.45. The van der Waals surface area contributed by atoms with Crippen LogP contribution in [0.15, 0.2) is 23.2 Å². The smallest absolute Gasteiger partial charge is 0.129 e. The van der Waals surface area contributed by atoms with E-state index < -0.39 is 11.6 Å². The molecule has 0 aromatic heterocycles. The van der Waals surface area contributed by atoms with Crippen LogP contribution < -0.4 is 5.32 Å². The third-order valence-corrected chi connectivity index (χ3v) is 3.07. The fraction of sp³-hybridized carbons (Fsp3) is 0.333. The minimum atomic E-state index is -0.511. The van der Waals surface area contributed by atoms with E-state index in [0.29, 0.717) is 18.5 Å². The normalized spacial score (nSPS) is 18.6. The van der Waals surface area contributed by atoms with Crippen LogP contribution in [0.25, 0.3) is 0 Å². The van der Waals surface area contributed by atoms with Gasteiger partial charge < -0.3 is 5.32 Å². The molecule has 0 saturated heterocycles. The van der Waals surface area contributed by atoms with Crippen LogP contribution in [0.2, 0.25) is 0 Å². The minimum absolute atomic E-state index is 0.0227. The van der Waals surface area contributed by atoms with Gasteiger partial charge >= 0.3 is 0 Å². The van der Waals surface area contributed by atoms with Crippen molar-refractivity contribution >= 4 is 15.9 Å². The Labute approximate surface area is 102 Å². The van der Waals surface area contributed by atoms with Crippen LogP contribution in [0.1, 0.15) is 23.6 Å². The first-order valence-electron chi connectivity index (χ1n) is 5.12. The lowest BCUT2D eigenvalue weighted by Crippen LogP contribution is -2.20. The molecular weight excluding hydrogens is 276 g/mol. The average molecular weight is 288 g/mol. The molecule has 0 spiro atoms. The van der Waals surface area contributed by atoms with E-state index in [-0.39, 0.29) is 6.04 Å². The van der Waals surface area contributed by atoms with E-state index in [1.54, 1.807) is 0 Å². The maximum atomic E-state index is 13.4. The number of nitrogens with one attached hydrogen (secondary N) is 1. The van der Waals surface area contributed by atoms with Crippen molar-refractivity contribution in [2.75, 3.05) is 6.54 Å². The summed E-state index contributed by atoms with van der Waals surface area (Å²) >= 11 is 3.25. The van der Waals surface area contributed by atoms with E-state index in [9.17, 15) is 8.78 Å². The molecule has 0 radical (unpaired) electrons. The maximum Gasteiger partial charge on any atom is 0.129 e. The zero-order valence-electron chi connectivity index (χ0n) is 8.69. The summed E-state index contributed by atoms with van der Waals surface area (Å²) < 4.78 is 27.4. The van der Waals surface area contributed by atoms with E-state index in [0.717, 1.165) is 22.5 Å². The molecule has 1 aliphatic rings. The summed E-state index contributed by atoms with van der Waals surface area (Å²) in [5.41, 5.74) is 1.38. The van der Waals surface area contributed by atoms with Gasteiger partial charge in [-0.2, -0.15) is 0 Å². The molecule has 1 atom stereocenters. The molecule has 0 bridgehead atoms. The van der Waals surface area contributed by atoms with Crippen LogP contribution in [0, 0.1) is 11.6 Å². The van der Waals surface area contributed by atoms with Crippen molar-refractivity contribution in [1.82, 2.24) is 5.32 Å². The zero-order chi connectivity index (χ0) is 11.7. The van der Waals surface area contributed by atoms with E-state index in [2.05, 4.69) is 27.8 Å². The molecule has 1 aromatic rings. The topological polar surface area (TPSA) is 12.0 Å². The average Bonchev–Trinajstić information content (AvgIpc) is 2.58. The summed E-state index contributed by atoms with van der Waals surface area (Å²) in [6.07, 6.45) is 1.46. The lowest BCUT2D eigenvalue weighted by molar-refractivity contribution is 0.555. The number of fused-ring (bicyclic) bond motifs is 1. The van der Waals surface area contributed by atoms with Gasteiger partial charge in [-0.3, -0.25) is 0 Å². The number of hydrogen-bond acceptors (Lipinski definition) is 1. The van der Waals surface area contributed by atoms with Gasteiger partial charge in [0.05, 0.1) is 0 Å². The second-order valence-electron chi connectivity index (χ2n) is 3.94. The van der Waals surface area contributed by atoms with E-state index in [4.69, 9.17) is 0 Å². The Kier molecular flexibility index (Phi) is 3.40. The van der Waals surface area contributed by atoms with Gasteiger partial charge in [-0.05, 0) is 30.0 Å². The first kappa shape index (κ1) is 11.7. The van der Waals surface area contributed by atoms with Crippen molar-refractivity contribution < 1.29 is 8.78 Å². The Bertz CT molecular complexity index is 431. The molecule has 86 valence electrons. The summed E-state index contributed by atoms with van der Waals surface area (Å²) in [7, 11) is 0. The molecule has 1 aliphatic carbocycles. The first-order valence-corrected chi connectivity index (χ1v) is 5.91. The summed E-state index contributed by atoms with van der Waals surface area (Å²) in [5.74, 6) is -0.945. The zero-order valence-corrected chi connectivity index (χ0v) is 10.3. The SMILES string of the molecule is C=C(Br)CNC1CCc2c(F)cc(F)cc21. The van der Waals surface area contributed by atoms with E-state index in [1.807, 2.05) is 0 Å². The molecule has 2 rings (SSSR count). The molecule has 1 unspecified atom stereocenters. The highest BCUT2D eigenvalue weighted by Gasteiger charge is 2.25. The number of benzene rings is 1. The Hall–Kier alpha value is -0.740. The molecule has 16 heavy (non-hydrogen) atoms. The fourth-order valence-corrected chi connectivity index (χ4v) is 2.25. The second-order valence-corrected chi connectivity index (χ2v) is 5.07. The van der Waals surface area contributed by atoms with Crippen LogP contribution in [0.3, 0.4) is 0 Å². The van der Waals surface area contributed by atoms with Gasteiger partial charge in [0.15, 0.2) is 0 Å². The lowest BCUT2D eigenvalue weighted by Gasteiger charge is -2.13. The van der Waals surface area contributed by atoms with Crippen molar-refractivity contribution in [3.63, 3.8) is 0 Å². The highest BCUT2D eigenvalue weighted by molar-refractivity contribution is 9.11. The standard InChI is InChI=1S/C12H12BrF2N/c1-7(13)6-16-12-3-2-9-10(12)4-8(14)5-11(9)15/h4-5,12,16H,1-3,6H2. The highest BCUT2D eigenvalue weighted by Crippen LogP contribution is 2.33. The minimum Gasteiger partial charge on any atom is -0.305 e. The summed E-state index contributed by atoms with van der Waals surface area (Å²) in [6.45, 7) is 4.31. The van der Waals surface area contributed by atoms with Crippen LogP contribution in [-0.2, 0) is 6.42 Å². The molecule has 1 aromatic carbocycles. The van der Waals surface area contributed by atoms with Gasteiger partial charge in [0.25, 0.3) is 0 Å². The van der Waals surface area contributed by atoms with Crippen LogP contribution >= 0.6 is 15.9 Å². The molecular formula is C12H12BrF2N. The van der Waals surface area contributed by atoms with Crippen molar-refractivity contribution in [3.05, 3.63) is 46.0 Å². The van der Waals surface area contributed by atoms with Gasteiger partial charge in [0.1, 0.15) is 11.6 Å². The predicted molar refractivity (Wildman–Crippen MR) is 63.5 cm³/mol.